The van der Waals surface area contributed by atoms with Crippen LogP contribution in [0.25, 0.3) is 11.0 Å². The first-order valence-electron chi connectivity index (χ1n) is 12.6. The van der Waals surface area contributed by atoms with E-state index in [0.29, 0.717) is 22.2 Å². The summed E-state index contributed by atoms with van der Waals surface area (Å²) in [5.41, 5.74) is 0.878. The molecule has 208 valence electrons. The molecule has 0 aliphatic carbocycles. The Balaban J connectivity index is 1.89. The molecule has 4 rings (SSSR count). The van der Waals surface area contributed by atoms with E-state index in [0.717, 1.165) is 0 Å². The van der Waals surface area contributed by atoms with Crippen LogP contribution in [0.4, 0.5) is 5.69 Å². The smallest absolute Gasteiger partial charge is 0.342 e. The predicted octanol–water partition coefficient (Wildman–Crippen LogP) is 4.43. The summed E-state index contributed by atoms with van der Waals surface area (Å²) in [6, 6.07) is 12.6. The van der Waals surface area contributed by atoms with Crippen molar-refractivity contribution in [3.63, 3.8) is 0 Å². The molecule has 1 N–H and O–H groups in total. The second-order valence-electron chi connectivity index (χ2n) is 8.91. The van der Waals surface area contributed by atoms with Gasteiger partial charge in [-0.2, -0.15) is 0 Å². The summed E-state index contributed by atoms with van der Waals surface area (Å²) in [4.78, 5) is 50.0. The summed E-state index contributed by atoms with van der Waals surface area (Å²) in [5.74, 6) is -2.22. The average molecular weight is 549 g/mol. The molecule has 11 heteroatoms. The Labute approximate surface area is 229 Å². The van der Waals surface area contributed by atoms with E-state index in [9.17, 15) is 24.5 Å². The van der Waals surface area contributed by atoms with Crippen molar-refractivity contribution in [1.82, 2.24) is 5.32 Å². The molecule has 2 heterocycles. The van der Waals surface area contributed by atoms with Crippen LogP contribution in [0.15, 0.2) is 80.3 Å². The summed E-state index contributed by atoms with van der Waals surface area (Å²) >= 11 is 0. The van der Waals surface area contributed by atoms with Gasteiger partial charge in [0, 0.05) is 17.8 Å². The lowest BCUT2D eigenvalue weighted by molar-refractivity contribution is -0.384. The van der Waals surface area contributed by atoms with E-state index in [1.807, 2.05) is 0 Å². The zero-order chi connectivity index (χ0) is 29.0. The van der Waals surface area contributed by atoms with Crippen molar-refractivity contribution in [2.24, 2.45) is 0 Å². The van der Waals surface area contributed by atoms with Crippen LogP contribution < -0.4 is 15.7 Å². The van der Waals surface area contributed by atoms with Crippen LogP contribution in [0, 0.1) is 17.0 Å². The lowest BCUT2D eigenvalue weighted by Crippen LogP contribution is -2.35. The van der Waals surface area contributed by atoms with Crippen molar-refractivity contribution in [1.29, 1.82) is 0 Å². The average Bonchev–Trinajstić information content (AvgIpc) is 2.93. The molecule has 0 amide bonds. The molecule has 0 bridgehead atoms. The molecule has 0 spiro atoms. The number of fused-ring (bicyclic) bond motifs is 1. The van der Waals surface area contributed by atoms with E-state index >= 15 is 0 Å². The Morgan fingerprint density at radius 2 is 1.68 bits per heavy atom. The Morgan fingerprint density at radius 3 is 2.35 bits per heavy atom. The van der Waals surface area contributed by atoms with Gasteiger partial charge in [0.2, 0.25) is 0 Å². The minimum absolute atomic E-state index is 0.0286. The van der Waals surface area contributed by atoms with Crippen molar-refractivity contribution in [3.05, 3.63) is 103 Å². The molecule has 0 saturated heterocycles. The maximum atomic E-state index is 13.4. The highest BCUT2D eigenvalue weighted by atomic mass is 16.6. The van der Waals surface area contributed by atoms with Crippen LogP contribution in [-0.4, -0.2) is 36.7 Å². The number of dihydropyridines is 1. The van der Waals surface area contributed by atoms with Crippen molar-refractivity contribution in [2.45, 2.75) is 33.6 Å². The number of allylic oxidation sites excluding steroid dienone is 1. The van der Waals surface area contributed by atoms with Gasteiger partial charge in [-0.3, -0.25) is 10.1 Å². The number of carbonyl (C=O) groups excluding carboxylic acids is 2. The first kappa shape index (κ1) is 28.1. The number of nitro groups is 1. The number of hydrogen-bond acceptors (Lipinski definition) is 10. The van der Waals surface area contributed by atoms with Crippen molar-refractivity contribution >= 4 is 28.6 Å². The van der Waals surface area contributed by atoms with Crippen LogP contribution in [-0.2, 0) is 19.1 Å². The fourth-order valence-electron chi connectivity index (χ4n) is 4.64. The molecule has 40 heavy (non-hydrogen) atoms. The van der Waals surface area contributed by atoms with Gasteiger partial charge < -0.3 is 23.9 Å². The van der Waals surface area contributed by atoms with Gasteiger partial charge >= 0.3 is 17.6 Å². The van der Waals surface area contributed by atoms with Crippen LogP contribution in [0.1, 0.15) is 37.8 Å². The third kappa shape index (κ3) is 5.44. The molecule has 1 unspecified atom stereocenters. The lowest BCUT2D eigenvalue weighted by Gasteiger charge is -2.31. The van der Waals surface area contributed by atoms with Gasteiger partial charge in [-0.1, -0.05) is 24.3 Å². The molecule has 1 aromatic heterocycles. The Kier molecular flexibility index (Phi) is 8.32. The van der Waals surface area contributed by atoms with Crippen LogP contribution >= 0.6 is 0 Å². The van der Waals surface area contributed by atoms with E-state index in [4.69, 9.17) is 18.6 Å². The number of non-ortho nitro benzene ring substituents is 1. The van der Waals surface area contributed by atoms with Crippen LogP contribution in [0.5, 0.6) is 5.75 Å². The number of carbonyl (C=O) groups is 2. The fourth-order valence-corrected chi connectivity index (χ4v) is 4.64. The summed E-state index contributed by atoms with van der Waals surface area (Å²) in [7, 11) is 0. The van der Waals surface area contributed by atoms with Crippen molar-refractivity contribution in [2.75, 3.05) is 19.8 Å². The van der Waals surface area contributed by atoms with Gasteiger partial charge in [0.25, 0.3) is 5.69 Å². The minimum atomic E-state index is -1.06. The molecule has 0 radical (unpaired) electrons. The van der Waals surface area contributed by atoms with Gasteiger partial charge in [0.1, 0.15) is 17.9 Å². The van der Waals surface area contributed by atoms with E-state index in [2.05, 4.69) is 5.32 Å². The minimum Gasteiger partial charge on any atom is -0.486 e. The number of para-hydroxylation sites is 1. The second-order valence-corrected chi connectivity index (χ2v) is 8.91. The number of nitrogens with zero attached hydrogens (tertiary/aromatic N) is 1. The molecule has 2 aromatic carbocycles. The zero-order valence-corrected chi connectivity index (χ0v) is 22.4. The Morgan fingerprint density at radius 1 is 1.00 bits per heavy atom. The van der Waals surface area contributed by atoms with E-state index in [-0.39, 0.29) is 53.7 Å². The molecule has 0 fully saturated rings. The third-order valence-electron chi connectivity index (χ3n) is 6.39. The highest BCUT2D eigenvalue weighted by molar-refractivity contribution is 6.00. The summed E-state index contributed by atoms with van der Waals surface area (Å²) < 4.78 is 22.1. The topological polar surface area (TPSA) is 147 Å². The van der Waals surface area contributed by atoms with Gasteiger partial charge in [-0.25, -0.2) is 14.4 Å². The summed E-state index contributed by atoms with van der Waals surface area (Å²) in [6.07, 6.45) is 0. The summed E-state index contributed by atoms with van der Waals surface area (Å²) in [6.45, 7) is 6.39. The lowest BCUT2D eigenvalue weighted by atomic mass is 9.80. The molecular weight excluding hydrogens is 520 g/mol. The number of hydrogen-bond donors (Lipinski definition) is 1. The van der Waals surface area contributed by atoms with Gasteiger partial charge in [0.05, 0.1) is 51.8 Å². The quantitative estimate of drug-likeness (QED) is 0.176. The standard InChI is InChI=1S/C29H28N2O9/c1-5-37-28(33)23-17(4)30-21(15-39-26-16(3)27(32)40-22-13-8-7-12-20(22)26)25(29(34)38-6-2)24(23)18-10-9-11-19(14-18)31(35)36/h7-14,24,30H,5-6,15H2,1-4H3. The SMILES string of the molecule is CCOC(=O)C1=C(C)NC(COc2c(C)c(=O)oc3ccccc23)=C(C(=O)OCC)C1c1cccc([N+](=O)[O-])c1. The van der Waals surface area contributed by atoms with E-state index in [1.165, 1.54) is 18.2 Å². The second kappa shape index (κ2) is 11.9. The number of benzene rings is 2. The van der Waals surface area contributed by atoms with E-state index < -0.39 is 28.4 Å². The Hall–Kier alpha value is -4.93. The third-order valence-corrected chi connectivity index (χ3v) is 6.39. The monoisotopic (exact) mass is 548 g/mol. The number of rotatable bonds is 9. The molecular formula is C29H28N2O9. The van der Waals surface area contributed by atoms with Gasteiger partial charge in [0.15, 0.2) is 0 Å². The molecule has 11 nitrogen and oxygen atoms in total. The van der Waals surface area contributed by atoms with Crippen LogP contribution in [0.3, 0.4) is 0 Å². The largest absolute Gasteiger partial charge is 0.486 e. The van der Waals surface area contributed by atoms with Gasteiger partial charge in [-0.05, 0) is 45.4 Å². The fraction of sp³-hybridized carbons (Fsp3) is 0.276. The highest BCUT2D eigenvalue weighted by Gasteiger charge is 2.39. The number of nitro benzene ring substituents is 1. The maximum absolute atomic E-state index is 13.4. The van der Waals surface area contributed by atoms with Crippen LogP contribution in [0.2, 0.25) is 0 Å². The number of esters is 2. The zero-order valence-electron chi connectivity index (χ0n) is 22.4. The Bertz CT molecular complexity index is 1620. The molecule has 1 aliphatic heterocycles. The highest BCUT2D eigenvalue weighted by Crippen LogP contribution is 2.40. The maximum Gasteiger partial charge on any atom is 0.342 e. The number of nitrogens with one attached hydrogen (secondary N) is 1. The molecule has 1 atom stereocenters. The molecule has 0 saturated carbocycles. The first-order chi connectivity index (χ1) is 19.2. The number of ether oxygens (including phenoxy) is 3. The van der Waals surface area contributed by atoms with E-state index in [1.54, 1.807) is 58.0 Å². The molecule has 3 aromatic rings. The first-order valence-corrected chi connectivity index (χ1v) is 12.6. The van der Waals surface area contributed by atoms with Crippen molar-refractivity contribution < 1.29 is 33.1 Å². The predicted molar refractivity (Wildman–Crippen MR) is 145 cm³/mol. The van der Waals surface area contributed by atoms with Gasteiger partial charge in [-0.15, -0.1) is 0 Å². The molecule has 1 aliphatic rings. The normalized spacial score (nSPS) is 15.1. The van der Waals surface area contributed by atoms with Crippen molar-refractivity contribution in [3.8, 4) is 5.75 Å². The summed E-state index contributed by atoms with van der Waals surface area (Å²) in [5, 5.41) is 15.2.